The minimum absolute atomic E-state index is 0.183. The Morgan fingerprint density at radius 1 is 1.53 bits per heavy atom. The van der Waals surface area contributed by atoms with Gasteiger partial charge in [-0.3, -0.25) is 4.21 Å². The lowest BCUT2D eigenvalue weighted by molar-refractivity contribution is 0.576. The first kappa shape index (κ1) is 13.2. The number of nitrogens with one attached hydrogen (secondary N) is 1. The Hall–Kier alpha value is 0.1000. The molecule has 2 nitrogen and oxygen atoms in total. The van der Waals surface area contributed by atoms with E-state index < -0.39 is 10.8 Å². The van der Waals surface area contributed by atoms with Crippen LogP contribution in [-0.4, -0.2) is 22.3 Å². The van der Waals surface area contributed by atoms with Crippen molar-refractivity contribution in [2.75, 3.05) is 12.8 Å². The van der Waals surface area contributed by atoms with E-state index >= 15 is 0 Å². The number of rotatable bonds is 5. The summed E-state index contributed by atoms with van der Waals surface area (Å²) in [5.74, 6) is 0. The van der Waals surface area contributed by atoms with Gasteiger partial charge >= 0.3 is 0 Å². The van der Waals surface area contributed by atoms with Crippen LogP contribution in [0.25, 0.3) is 0 Å². The summed E-state index contributed by atoms with van der Waals surface area (Å²) in [4.78, 5) is 1.22. The maximum atomic E-state index is 11.1. The molecule has 0 bridgehead atoms. The predicted molar refractivity (Wildman–Crippen MR) is 69.3 cm³/mol. The van der Waals surface area contributed by atoms with Crippen LogP contribution >= 0.6 is 22.9 Å². The fraction of sp³-hybridized carbons (Fsp3) is 0.600. The topological polar surface area (TPSA) is 29.1 Å². The van der Waals surface area contributed by atoms with Gasteiger partial charge in [-0.25, -0.2) is 0 Å². The highest BCUT2D eigenvalue weighted by Gasteiger charge is 2.11. The van der Waals surface area contributed by atoms with Crippen molar-refractivity contribution >= 4 is 33.7 Å². The molecule has 0 aliphatic rings. The summed E-state index contributed by atoms with van der Waals surface area (Å²) < 4.78 is 12.0. The van der Waals surface area contributed by atoms with Crippen molar-refractivity contribution in [3.63, 3.8) is 0 Å². The monoisotopic (exact) mass is 265 g/mol. The van der Waals surface area contributed by atoms with Crippen LogP contribution in [0.3, 0.4) is 0 Å². The van der Waals surface area contributed by atoms with Gasteiger partial charge in [0.1, 0.15) is 0 Å². The molecule has 0 saturated carbocycles. The summed E-state index contributed by atoms with van der Waals surface area (Å²) in [5, 5.41) is 3.54. The van der Waals surface area contributed by atoms with E-state index in [1.54, 1.807) is 17.6 Å². The van der Waals surface area contributed by atoms with Gasteiger partial charge in [-0.1, -0.05) is 11.6 Å². The second kappa shape index (κ2) is 5.99. The largest absolute Gasteiger partial charge is 0.308 e. The average molecular weight is 266 g/mol. The molecule has 1 aromatic heterocycles. The summed E-state index contributed by atoms with van der Waals surface area (Å²) in [6, 6.07) is 4.20. The fourth-order valence-corrected chi connectivity index (χ4v) is 2.54. The first-order chi connectivity index (χ1) is 7.00. The molecule has 3 unspecified atom stereocenters. The fourth-order valence-electron chi connectivity index (χ4n) is 1.12. The Labute approximate surface area is 102 Å². The number of thiophene rings is 1. The lowest BCUT2D eigenvalue weighted by atomic mass is 10.2. The van der Waals surface area contributed by atoms with E-state index in [-0.39, 0.29) is 11.3 Å². The van der Waals surface area contributed by atoms with Gasteiger partial charge in [0.25, 0.3) is 0 Å². The summed E-state index contributed by atoms with van der Waals surface area (Å²) in [7, 11) is -0.763. The number of halogens is 1. The molecule has 0 saturated heterocycles. The molecular formula is C10H16ClNOS2. The van der Waals surface area contributed by atoms with Crippen LogP contribution in [0, 0.1) is 0 Å². The van der Waals surface area contributed by atoms with E-state index in [0.717, 1.165) is 10.9 Å². The van der Waals surface area contributed by atoms with E-state index in [0.29, 0.717) is 0 Å². The van der Waals surface area contributed by atoms with Crippen LogP contribution in [0.4, 0.5) is 0 Å². The van der Waals surface area contributed by atoms with Crippen molar-refractivity contribution in [2.24, 2.45) is 0 Å². The highest BCUT2D eigenvalue weighted by atomic mass is 35.5. The zero-order valence-electron chi connectivity index (χ0n) is 9.12. The molecule has 1 aromatic rings. The van der Waals surface area contributed by atoms with Gasteiger partial charge in [0.2, 0.25) is 0 Å². The van der Waals surface area contributed by atoms with Crippen LogP contribution in [0.2, 0.25) is 4.34 Å². The smallest absolute Gasteiger partial charge is 0.0931 e. The molecule has 3 atom stereocenters. The molecule has 0 radical (unpaired) electrons. The third kappa shape index (κ3) is 4.23. The Bertz CT molecular complexity index is 340. The Balaban J connectivity index is 2.43. The van der Waals surface area contributed by atoms with Gasteiger partial charge in [-0.2, -0.15) is 0 Å². The van der Waals surface area contributed by atoms with Gasteiger partial charge in [-0.15, -0.1) is 11.3 Å². The van der Waals surface area contributed by atoms with Crippen LogP contribution in [0.1, 0.15) is 24.8 Å². The van der Waals surface area contributed by atoms with Gasteiger partial charge < -0.3 is 5.32 Å². The second-order valence-corrected chi connectivity index (χ2v) is 7.13. The van der Waals surface area contributed by atoms with Crippen molar-refractivity contribution in [3.05, 3.63) is 21.3 Å². The molecule has 1 N–H and O–H groups in total. The van der Waals surface area contributed by atoms with E-state index in [2.05, 4.69) is 12.2 Å². The zero-order valence-corrected chi connectivity index (χ0v) is 11.5. The highest BCUT2D eigenvalue weighted by molar-refractivity contribution is 7.84. The third-order valence-corrected chi connectivity index (χ3v) is 5.01. The van der Waals surface area contributed by atoms with Gasteiger partial charge in [0.15, 0.2) is 0 Å². The lowest BCUT2D eigenvalue weighted by Gasteiger charge is -2.15. The Morgan fingerprint density at radius 2 is 2.20 bits per heavy atom. The highest BCUT2D eigenvalue weighted by Crippen LogP contribution is 2.26. The first-order valence-corrected chi connectivity index (χ1v) is 7.63. The maximum Gasteiger partial charge on any atom is 0.0931 e. The molecule has 86 valence electrons. The number of hydrogen-bond donors (Lipinski definition) is 1. The van der Waals surface area contributed by atoms with E-state index in [4.69, 9.17) is 11.6 Å². The minimum atomic E-state index is -0.763. The van der Waals surface area contributed by atoms with Crippen molar-refractivity contribution in [3.8, 4) is 0 Å². The third-order valence-electron chi connectivity index (χ3n) is 2.30. The van der Waals surface area contributed by atoms with Crippen molar-refractivity contribution in [1.82, 2.24) is 5.32 Å². The molecule has 0 fully saturated rings. The SMILES string of the molecule is CC(NCC(C)S(C)=O)c1ccc(Cl)s1. The van der Waals surface area contributed by atoms with E-state index in [1.807, 2.05) is 19.1 Å². The van der Waals surface area contributed by atoms with Crippen LogP contribution in [0.15, 0.2) is 12.1 Å². The quantitative estimate of drug-likeness (QED) is 0.887. The molecule has 5 heteroatoms. The standard InChI is InChI=1S/C10H16ClNOS2/c1-7(15(3)13)6-12-8(2)9-4-5-10(11)14-9/h4-5,7-8,12H,6H2,1-3H3. The molecule has 0 spiro atoms. The normalized spacial score (nSPS) is 17.3. The van der Waals surface area contributed by atoms with Gasteiger partial charge in [0.05, 0.1) is 4.34 Å². The molecule has 0 amide bonds. The van der Waals surface area contributed by atoms with Crippen molar-refractivity contribution in [1.29, 1.82) is 0 Å². The molecule has 0 aliphatic heterocycles. The molecule has 15 heavy (non-hydrogen) atoms. The van der Waals surface area contributed by atoms with E-state index in [9.17, 15) is 4.21 Å². The Kier molecular flexibility index (Phi) is 5.26. The lowest BCUT2D eigenvalue weighted by Crippen LogP contribution is -2.29. The first-order valence-electron chi connectivity index (χ1n) is 4.81. The van der Waals surface area contributed by atoms with Crippen LogP contribution < -0.4 is 5.32 Å². The Morgan fingerprint density at radius 3 is 2.67 bits per heavy atom. The van der Waals surface area contributed by atoms with Crippen LogP contribution in [0.5, 0.6) is 0 Å². The molecule has 1 rings (SSSR count). The average Bonchev–Trinajstić information content (AvgIpc) is 2.60. The van der Waals surface area contributed by atoms with Gasteiger partial charge in [0, 0.05) is 39.8 Å². The summed E-state index contributed by atoms with van der Waals surface area (Å²) in [6.45, 7) is 4.84. The second-order valence-electron chi connectivity index (χ2n) is 3.58. The molecule has 1 heterocycles. The van der Waals surface area contributed by atoms with Crippen LogP contribution in [-0.2, 0) is 10.8 Å². The molecule has 0 aromatic carbocycles. The molecular weight excluding hydrogens is 250 g/mol. The molecule has 0 aliphatic carbocycles. The zero-order chi connectivity index (χ0) is 11.4. The summed E-state index contributed by atoms with van der Waals surface area (Å²) in [5.41, 5.74) is 0. The van der Waals surface area contributed by atoms with Gasteiger partial charge in [-0.05, 0) is 26.0 Å². The van der Waals surface area contributed by atoms with Crippen molar-refractivity contribution < 1.29 is 4.21 Å². The van der Waals surface area contributed by atoms with E-state index in [1.165, 1.54) is 4.88 Å². The summed E-state index contributed by atoms with van der Waals surface area (Å²) >= 11 is 7.44. The van der Waals surface area contributed by atoms with Crippen molar-refractivity contribution in [2.45, 2.75) is 25.1 Å². The predicted octanol–water partition coefficient (Wildman–Crippen LogP) is 2.82. The maximum absolute atomic E-state index is 11.1. The minimum Gasteiger partial charge on any atom is -0.308 e. The number of hydrogen-bond acceptors (Lipinski definition) is 3. The summed E-state index contributed by atoms with van der Waals surface area (Å²) in [6.07, 6.45) is 1.74.